The summed E-state index contributed by atoms with van der Waals surface area (Å²) in [5.74, 6) is 0.879. The van der Waals surface area contributed by atoms with Gasteiger partial charge in [0.15, 0.2) is 9.84 Å². The third kappa shape index (κ3) is 3.83. The zero-order chi connectivity index (χ0) is 13.8. The quantitative estimate of drug-likeness (QED) is 0.701. The second kappa shape index (κ2) is 6.56. The summed E-state index contributed by atoms with van der Waals surface area (Å²) in [7, 11) is -5.21. The minimum Gasteiger partial charge on any atom is -0.319 e. The van der Waals surface area contributed by atoms with Gasteiger partial charge in [0.1, 0.15) is 5.37 Å². The number of nitrogens with one attached hydrogen (secondary N) is 1. The fraction of sp³-hybridized carbons (Fsp3) is 1.00. The van der Waals surface area contributed by atoms with Crippen LogP contribution in [0.2, 0.25) is 0 Å². The van der Waals surface area contributed by atoms with Crippen LogP contribution in [0.1, 0.15) is 6.92 Å². The van der Waals surface area contributed by atoms with E-state index in [9.17, 15) is 16.8 Å². The molecule has 1 N–H and O–H groups in total. The van der Waals surface area contributed by atoms with E-state index in [1.165, 1.54) is 16.1 Å². The number of hydrogen-bond acceptors (Lipinski definition) is 6. The Bertz CT molecular complexity index is 460. The predicted molar refractivity (Wildman–Crippen MR) is 75.0 cm³/mol. The number of hydrogen-bond donors (Lipinski definition) is 1. The van der Waals surface area contributed by atoms with Crippen molar-refractivity contribution in [3.8, 4) is 0 Å². The fourth-order valence-corrected chi connectivity index (χ4v) is 7.04. The minimum absolute atomic E-state index is 0.0315. The van der Waals surface area contributed by atoms with Crippen LogP contribution >= 0.6 is 11.8 Å². The van der Waals surface area contributed by atoms with Crippen molar-refractivity contribution in [2.45, 2.75) is 12.3 Å². The summed E-state index contributed by atoms with van der Waals surface area (Å²) in [6, 6.07) is 0. The van der Waals surface area contributed by atoms with Crippen molar-refractivity contribution in [1.82, 2.24) is 9.62 Å². The van der Waals surface area contributed by atoms with Crippen molar-refractivity contribution in [3.05, 3.63) is 0 Å². The normalized spacial score (nSPS) is 23.1. The number of nitrogens with zero attached hydrogens (tertiary/aromatic N) is 1. The molecule has 0 aromatic rings. The number of sulfonamides is 1. The lowest BCUT2D eigenvalue weighted by atomic mass is 10.6. The van der Waals surface area contributed by atoms with Crippen LogP contribution in [0, 0.1) is 0 Å². The summed E-state index contributed by atoms with van der Waals surface area (Å²) in [4.78, 5) is 0. The highest BCUT2D eigenvalue weighted by molar-refractivity contribution is 8.01. The van der Waals surface area contributed by atoms with E-state index >= 15 is 0 Å². The van der Waals surface area contributed by atoms with Gasteiger partial charge in [-0.3, -0.25) is 0 Å². The molecule has 9 heteroatoms. The first kappa shape index (κ1) is 16.2. The first-order valence-corrected chi connectivity index (χ1v) is 10.3. The van der Waals surface area contributed by atoms with Crippen LogP contribution in [0.3, 0.4) is 0 Å². The Morgan fingerprint density at radius 3 is 2.56 bits per heavy atom. The van der Waals surface area contributed by atoms with Crippen LogP contribution in [0.15, 0.2) is 0 Å². The lowest BCUT2D eigenvalue weighted by Crippen LogP contribution is -2.51. The SMILES string of the molecule is CCS(=O)(=O)C1CSCCN1S(=O)(=O)CCNC. The Morgan fingerprint density at radius 1 is 1.33 bits per heavy atom. The number of rotatable bonds is 6. The minimum atomic E-state index is -3.51. The van der Waals surface area contributed by atoms with Gasteiger partial charge in [-0.2, -0.15) is 16.1 Å². The molecule has 6 nitrogen and oxygen atoms in total. The molecule has 0 aromatic heterocycles. The molecule has 0 bridgehead atoms. The standard InChI is InChI=1S/C9H20N2O4S3/c1-3-17(12,13)9-8-16-6-5-11(9)18(14,15)7-4-10-2/h9-10H,3-8H2,1-2H3. The van der Waals surface area contributed by atoms with Gasteiger partial charge in [-0.1, -0.05) is 6.92 Å². The van der Waals surface area contributed by atoms with Crippen molar-refractivity contribution in [2.24, 2.45) is 0 Å². The Kier molecular flexibility index (Phi) is 5.91. The zero-order valence-corrected chi connectivity index (χ0v) is 13.1. The molecule has 1 rings (SSSR count). The van der Waals surface area contributed by atoms with Gasteiger partial charge in [0.05, 0.1) is 5.75 Å². The molecule has 0 aromatic carbocycles. The fourth-order valence-electron chi connectivity index (χ4n) is 1.71. The molecule has 1 saturated heterocycles. The lowest BCUT2D eigenvalue weighted by Gasteiger charge is -2.33. The highest BCUT2D eigenvalue weighted by Gasteiger charge is 2.39. The smallest absolute Gasteiger partial charge is 0.216 e. The molecule has 1 atom stereocenters. The number of sulfone groups is 1. The van der Waals surface area contributed by atoms with E-state index in [0.717, 1.165) is 0 Å². The van der Waals surface area contributed by atoms with E-state index in [4.69, 9.17) is 0 Å². The first-order valence-electron chi connectivity index (χ1n) is 5.78. The molecule has 0 radical (unpaired) electrons. The third-order valence-electron chi connectivity index (χ3n) is 2.82. The van der Waals surface area contributed by atoms with Gasteiger partial charge in [0, 0.05) is 30.3 Å². The van der Waals surface area contributed by atoms with Gasteiger partial charge < -0.3 is 5.32 Å². The maximum atomic E-state index is 12.1. The Balaban J connectivity index is 2.96. The van der Waals surface area contributed by atoms with Crippen LogP contribution in [-0.4, -0.2) is 69.7 Å². The van der Waals surface area contributed by atoms with Crippen molar-refractivity contribution < 1.29 is 16.8 Å². The van der Waals surface area contributed by atoms with E-state index in [1.54, 1.807) is 14.0 Å². The van der Waals surface area contributed by atoms with Crippen molar-refractivity contribution in [2.75, 3.05) is 43.1 Å². The third-order valence-corrected chi connectivity index (χ3v) is 8.12. The van der Waals surface area contributed by atoms with Crippen LogP contribution in [0.4, 0.5) is 0 Å². The van der Waals surface area contributed by atoms with E-state index in [1.807, 2.05) is 0 Å². The Morgan fingerprint density at radius 2 is 2.00 bits per heavy atom. The summed E-state index contributed by atoms with van der Waals surface area (Å²) in [6.45, 7) is 2.15. The Labute approximate surface area is 113 Å². The molecule has 0 aliphatic carbocycles. The summed E-state index contributed by atoms with van der Waals surface area (Å²) in [6.07, 6.45) is 0. The maximum Gasteiger partial charge on any atom is 0.216 e. The monoisotopic (exact) mass is 316 g/mol. The zero-order valence-electron chi connectivity index (χ0n) is 10.6. The van der Waals surface area contributed by atoms with Gasteiger partial charge in [0.25, 0.3) is 0 Å². The second-order valence-electron chi connectivity index (χ2n) is 4.01. The summed E-state index contributed by atoms with van der Waals surface area (Å²) >= 11 is 1.49. The van der Waals surface area contributed by atoms with Crippen LogP contribution in [-0.2, 0) is 19.9 Å². The molecule has 1 aliphatic rings. The topological polar surface area (TPSA) is 83.6 Å². The molecule has 1 heterocycles. The van der Waals surface area contributed by atoms with E-state index in [2.05, 4.69) is 5.32 Å². The summed E-state index contributed by atoms with van der Waals surface area (Å²) in [5, 5.41) is 1.87. The van der Waals surface area contributed by atoms with Gasteiger partial charge in [-0.25, -0.2) is 16.8 Å². The lowest BCUT2D eigenvalue weighted by molar-refractivity contribution is 0.403. The highest BCUT2D eigenvalue weighted by Crippen LogP contribution is 2.24. The average Bonchev–Trinajstić information content (AvgIpc) is 2.36. The molecule has 1 unspecified atom stereocenters. The Hall–Kier alpha value is 0.170. The van der Waals surface area contributed by atoms with Crippen LogP contribution < -0.4 is 5.32 Å². The van der Waals surface area contributed by atoms with Gasteiger partial charge >= 0.3 is 0 Å². The van der Waals surface area contributed by atoms with Crippen molar-refractivity contribution in [1.29, 1.82) is 0 Å². The average molecular weight is 316 g/mol. The van der Waals surface area contributed by atoms with Gasteiger partial charge in [-0.15, -0.1) is 0 Å². The summed E-state index contributed by atoms with van der Waals surface area (Å²) in [5.41, 5.74) is 0. The molecule has 0 spiro atoms. The second-order valence-corrected chi connectivity index (χ2v) is 9.65. The molecule has 108 valence electrons. The highest BCUT2D eigenvalue weighted by atomic mass is 32.2. The molecular weight excluding hydrogens is 296 g/mol. The van der Waals surface area contributed by atoms with Gasteiger partial charge in [-0.05, 0) is 7.05 Å². The van der Waals surface area contributed by atoms with E-state index in [-0.39, 0.29) is 18.1 Å². The first-order chi connectivity index (χ1) is 8.35. The molecule has 0 saturated carbocycles. The molecule has 1 aliphatic heterocycles. The molecule has 1 fully saturated rings. The largest absolute Gasteiger partial charge is 0.319 e. The van der Waals surface area contributed by atoms with Crippen LogP contribution in [0.5, 0.6) is 0 Å². The van der Waals surface area contributed by atoms with E-state index in [0.29, 0.717) is 18.1 Å². The predicted octanol–water partition coefficient (Wildman–Crippen LogP) is -0.655. The van der Waals surface area contributed by atoms with Crippen molar-refractivity contribution in [3.63, 3.8) is 0 Å². The summed E-state index contributed by atoms with van der Waals surface area (Å²) < 4.78 is 49.3. The van der Waals surface area contributed by atoms with E-state index < -0.39 is 25.2 Å². The number of thioether (sulfide) groups is 1. The molecule has 18 heavy (non-hydrogen) atoms. The molecular formula is C9H20N2O4S3. The van der Waals surface area contributed by atoms with Crippen molar-refractivity contribution >= 4 is 31.6 Å². The maximum absolute atomic E-state index is 12.1. The van der Waals surface area contributed by atoms with Crippen LogP contribution in [0.25, 0.3) is 0 Å². The molecule has 0 amide bonds. The van der Waals surface area contributed by atoms with Gasteiger partial charge in [0.2, 0.25) is 10.0 Å².